The number of hydrogen-bond acceptors (Lipinski definition) is 4. The maximum Gasteiger partial charge on any atom is 0.417 e. The van der Waals surface area contributed by atoms with Crippen LogP contribution in [0.3, 0.4) is 0 Å². The van der Waals surface area contributed by atoms with Crippen molar-refractivity contribution in [3.05, 3.63) is 93.2 Å². The molecule has 3 aromatic rings. The summed E-state index contributed by atoms with van der Waals surface area (Å²) in [4.78, 5) is 20.1. The summed E-state index contributed by atoms with van der Waals surface area (Å²) in [5.41, 5.74) is -4.05. The van der Waals surface area contributed by atoms with E-state index in [2.05, 4.69) is 31.3 Å². The van der Waals surface area contributed by atoms with Gasteiger partial charge in [-0.05, 0) is 42.0 Å². The number of hydrazine groups is 1. The number of rotatable bonds is 6. The van der Waals surface area contributed by atoms with Crippen molar-refractivity contribution in [1.82, 2.24) is 15.4 Å². The van der Waals surface area contributed by atoms with Gasteiger partial charge in [-0.15, -0.1) is 0 Å². The Morgan fingerprint density at radius 3 is 2.08 bits per heavy atom. The Hall–Kier alpha value is -3.69. The van der Waals surface area contributed by atoms with Crippen LogP contribution in [0.15, 0.2) is 65.4 Å². The van der Waals surface area contributed by atoms with Gasteiger partial charge in [-0.3, -0.25) is 15.2 Å². The molecule has 2 aromatic carbocycles. The number of hydrogen-bond donors (Lipinski definition) is 1. The maximum atomic E-state index is 15.0. The summed E-state index contributed by atoms with van der Waals surface area (Å²) in [5, 5.41) is 0.901. The quantitative estimate of drug-likeness (QED) is 0.221. The maximum absolute atomic E-state index is 15.0. The number of amides is 1. The highest BCUT2D eigenvalue weighted by Gasteiger charge is 2.42. The molecule has 0 aliphatic heterocycles. The first-order chi connectivity index (χ1) is 18.4. The molecule has 16 heteroatoms. The molecule has 40 heavy (non-hydrogen) atoms. The molecule has 1 aromatic heterocycles. The third kappa shape index (κ3) is 7.28. The van der Waals surface area contributed by atoms with E-state index < -0.39 is 68.5 Å². The van der Waals surface area contributed by atoms with Crippen molar-refractivity contribution >= 4 is 33.6 Å². The van der Waals surface area contributed by atoms with Crippen molar-refractivity contribution < 1.29 is 48.7 Å². The Labute approximate surface area is 227 Å². The molecule has 0 aliphatic carbocycles. The first-order valence-corrected chi connectivity index (χ1v) is 11.5. The van der Waals surface area contributed by atoms with Gasteiger partial charge in [0.25, 0.3) is 5.91 Å². The second-order valence-electron chi connectivity index (χ2n) is 8.08. The zero-order valence-corrected chi connectivity index (χ0v) is 21.3. The summed E-state index contributed by atoms with van der Waals surface area (Å²) in [6, 6.07) is 4.26. The number of carbonyl (C=O) groups is 1. The van der Waals surface area contributed by atoms with Gasteiger partial charge in [0.05, 0.1) is 16.7 Å². The second-order valence-corrected chi connectivity index (χ2v) is 8.93. The lowest BCUT2D eigenvalue weighted by atomic mass is 9.94. The summed E-state index contributed by atoms with van der Waals surface area (Å²) >= 11 is 2.59. The van der Waals surface area contributed by atoms with Crippen LogP contribution in [0, 0.1) is 0 Å². The van der Waals surface area contributed by atoms with E-state index in [-0.39, 0.29) is 24.2 Å². The van der Waals surface area contributed by atoms with Crippen molar-refractivity contribution in [3.8, 4) is 0 Å². The van der Waals surface area contributed by atoms with Gasteiger partial charge in [0, 0.05) is 29.5 Å². The molecule has 0 bridgehead atoms. The van der Waals surface area contributed by atoms with Crippen LogP contribution in [0.5, 0.6) is 0 Å². The van der Waals surface area contributed by atoms with Crippen LogP contribution in [0.1, 0.15) is 38.5 Å². The first kappa shape index (κ1) is 30.8. The minimum atomic E-state index is -5.31. The molecule has 1 heterocycles. The third-order valence-corrected chi connectivity index (χ3v) is 5.98. The molecule has 3 rings (SSSR count). The minimum Gasteiger partial charge on any atom is -0.267 e. The number of carbonyl (C=O) groups excluding carboxylic acids is 1. The zero-order chi connectivity index (χ0) is 30.0. The molecule has 0 saturated carbocycles. The van der Waals surface area contributed by atoms with Crippen LogP contribution in [0.4, 0.5) is 49.9 Å². The number of benzene rings is 2. The Bertz CT molecular complexity index is 1410. The lowest BCUT2D eigenvalue weighted by molar-refractivity contribution is -0.142. The Morgan fingerprint density at radius 2 is 1.52 bits per heavy atom. The number of nitrogens with zero attached hydrogens (tertiary/aromatic N) is 3. The predicted molar refractivity (Wildman–Crippen MR) is 126 cm³/mol. The monoisotopic (exact) mass is 644 g/mol. The summed E-state index contributed by atoms with van der Waals surface area (Å²) in [6.07, 6.45) is -13.2. The fraction of sp³-hybridized carbons (Fsp3) is 0.208. The molecule has 214 valence electrons. The highest BCUT2D eigenvalue weighted by Crippen LogP contribution is 2.43. The van der Waals surface area contributed by atoms with Gasteiger partial charge in [0.15, 0.2) is 0 Å². The molecular formula is C24H15BrF10N4O. The van der Waals surface area contributed by atoms with E-state index in [9.17, 15) is 48.7 Å². The molecule has 1 atom stereocenters. The molecule has 0 fully saturated rings. The minimum absolute atomic E-state index is 0.0881. The van der Waals surface area contributed by atoms with Crippen LogP contribution in [0.25, 0.3) is 5.83 Å². The number of nitrogens with one attached hydrogen (secondary N) is 1. The van der Waals surface area contributed by atoms with Crippen LogP contribution in [-0.4, -0.2) is 29.1 Å². The van der Waals surface area contributed by atoms with E-state index in [1.54, 1.807) is 0 Å². The van der Waals surface area contributed by atoms with Crippen molar-refractivity contribution in [2.75, 3.05) is 12.1 Å². The third-order valence-electron chi connectivity index (χ3n) is 5.29. The van der Waals surface area contributed by atoms with Gasteiger partial charge in [0.2, 0.25) is 5.95 Å². The zero-order valence-electron chi connectivity index (χ0n) is 19.8. The number of allylic oxidation sites excluding steroid dienone is 1. The smallest absolute Gasteiger partial charge is 0.267 e. The summed E-state index contributed by atoms with van der Waals surface area (Å²) in [7, 11) is 1.22. The molecule has 0 aliphatic rings. The largest absolute Gasteiger partial charge is 0.417 e. The average molecular weight is 645 g/mol. The fourth-order valence-electron chi connectivity index (χ4n) is 3.43. The molecule has 0 saturated heterocycles. The molecule has 1 N–H and O–H groups in total. The lowest BCUT2D eigenvalue weighted by Gasteiger charge is -2.21. The number of anilines is 1. The van der Waals surface area contributed by atoms with Gasteiger partial charge in [-0.1, -0.05) is 28.1 Å². The van der Waals surface area contributed by atoms with Crippen LogP contribution >= 0.6 is 15.9 Å². The number of halogens is 11. The van der Waals surface area contributed by atoms with E-state index in [0.717, 1.165) is 5.01 Å². The molecule has 1 amide bonds. The van der Waals surface area contributed by atoms with Gasteiger partial charge < -0.3 is 0 Å². The molecule has 1 unspecified atom stereocenters. The summed E-state index contributed by atoms with van der Waals surface area (Å²) in [6.45, 7) is 0. The van der Waals surface area contributed by atoms with Gasteiger partial charge in [0.1, 0.15) is 11.7 Å². The molecule has 0 radical (unpaired) electrons. The SMILES string of the molecule is CN(NC(=O)c1ccc(C(F)=CC(c2ccc(Br)c(C(F)(F)F)c2)C(F)(F)F)cc1C(F)(F)F)c1ncccn1. The molecular weight excluding hydrogens is 630 g/mol. The standard InChI is InChI=1S/C24H15BrF10N4O/c1-39(21-36-7-2-8-37-21)38-20(40)14-5-3-13(10-16(14)23(30,31)32)19(26)11-15(22(27,28)29)12-4-6-18(25)17(9-12)24(33,34)35/h2-11,15H,1H3,(H,38,40). The van der Waals surface area contributed by atoms with Gasteiger partial charge >= 0.3 is 18.5 Å². The van der Waals surface area contributed by atoms with E-state index >= 15 is 0 Å². The van der Waals surface area contributed by atoms with Crippen molar-refractivity contribution in [1.29, 1.82) is 0 Å². The second kappa shape index (κ2) is 11.4. The van der Waals surface area contributed by atoms with Crippen molar-refractivity contribution in [2.24, 2.45) is 0 Å². The lowest BCUT2D eigenvalue weighted by Crippen LogP contribution is -2.41. The van der Waals surface area contributed by atoms with Crippen molar-refractivity contribution in [2.45, 2.75) is 24.4 Å². The summed E-state index contributed by atoms with van der Waals surface area (Å²) < 4.78 is 137. The highest BCUT2D eigenvalue weighted by atomic mass is 79.9. The highest BCUT2D eigenvalue weighted by molar-refractivity contribution is 9.10. The van der Waals surface area contributed by atoms with E-state index in [0.29, 0.717) is 24.3 Å². The first-order valence-electron chi connectivity index (χ1n) is 10.7. The molecule has 0 spiro atoms. The average Bonchev–Trinajstić information content (AvgIpc) is 2.85. The van der Waals surface area contributed by atoms with E-state index in [4.69, 9.17) is 0 Å². The Kier molecular flexibility index (Phi) is 8.81. The van der Waals surface area contributed by atoms with Crippen molar-refractivity contribution in [3.63, 3.8) is 0 Å². The predicted octanol–water partition coefficient (Wildman–Crippen LogP) is 7.71. The molecule has 5 nitrogen and oxygen atoms in total. The van der Waals surface area contributed by atoms with E-state index in [1.807, 2.05) is 0 Å². The fourth-order valence-corrected chi connectivity index (χ4v) is 3.90. The van der Waals surface area contributed by atoms with Crippen LogP contribution in [-0.2, 0) is 12.4 Å². The topological polar surface area (TPSA) is 58.1 Å². The van der Waals surface area contributed by atoms with Crippen LogP contribution in [0.2, 0.25) is 0 Å². The van der Waals surface area contributed by atoms with Gasteiger partial charge in [-0.2, -0.15) is 39.5 Å². The summed E-state index contributed by atoms with van der Waals surface area (Å²) in [5.74, 6) is -6.17. The Morgan fingerprint density at radius 1 is 0.925 bits per heavy atom. The van der Waals surface area contributed by atoms with Gasteiger partial charge in [-0.25, -0.2) is 14.4 Å². The normalized spacial score (nSPS) is 13.7. The number of aromatic nitrogens is 2. The Balaban J connectivity index is 2.02. The van der Waals surface area contributed by atoms with E-state index in [1.165, 1.54) is 25.5 Å². The van der Waals surface area contributed by atoms with Crippen LogP contribution < -0.4 is 10.4 Å². The number of alkyl halides is 9.